The number of fused-ring (bicyclic) bond motifs is 4. The first kappa shape index (κ1) is 20.2. The molecule has 2 aromatic heterocycles. The number of anilines is 3. The van der Waals surface area contributed by atoms with Gasteiger partial charge in [-0.25, -0.2) is 4.98 Å². The third-order valence-electron chi connectivity index (χ3n) is 7.56. The van der Waals surface area contributed by atoms with Crippen LogP contribution in [0.25, 0.3) is 27.6 Å². The maximum absolute atomic E-state index is 8.16. The van der Waals surface area contributed by atoms with Crippen molar-refractivity contribution in [1.82, 2.24) is 9.55 Å². The molecule has 4 aromatic carbocycles. The maximum Gasteiger partial charge on any atom is 0.137 e. The molecule has 39 heavy (non-hydrogen) atoms. The number of rotatable bonds is 4. The Morgan fingerprint density at radius 1 is 0.744 bits per heavy atom. The fourth-order valence-corrected chi connectivity index (χ4v) is 5.56. The summed E-state index contributed by atoms with van der Waals surface area (Å²) < 4.78 is 33.1. The number of pyridine rings is 1. The Bertz CT molecular complexity index is 1980. The molecule has 0 amide bonds. The van der Waals surface area contributed by atoms with Crippen LogP contribution in [0, 0.1) is 20.8 Å². The summed E-state index contributed by atoms with van der Waals surface area (Å²) in [4.78, 5) is 8.17. The first-order chi connectivity index (χ1) is 20.2. The topological polar surface area (TPSA) is 33.5 Å². The van der Waals surface area contributed by atoms with E-state index in [0.717, 1.165) is 61.4 Å². The minimum absolute atomic E-state index is 0.230. The lowest BCUT2D eigenvalue weighted by Gasteiger charge is -2.21. The molecule has 1 aliphatic heterocycles. The Balaban J connectivity index is 1.30. The highest BCUT2D eigenvalue weighted by atomic mass is 16.5. The molecule has 192 valence electrons. The Morgan fingerprint density at radius 2 is 1.54 bits per heavy atom. The lowest BCUT2D eigenvalue weighted by atomic mass is 10.1. The average molecular weight is 514 g/mol. The summed E-state index contributed by atoms with van der Waals surface area (Å²) in [6.07, 6.45) is 1.80. The van der Waals surface area contributed by atoms with Crippen molar-refractivity contribution in [3.8, 4) is 17.3 Å². The molecule has 0 saturated heterocycles. The van der Waals surface area contributed by atoms with Crippen molar-refractivity contribution in [2.45, 2.75) is 20.8 Å². The number of aryl methyl sites for hydroxylation is 3. The number of hydrogen-bond donors (Lipinski definition) is 0. The molecule has 6 aromatic rings. The fraction of sp³-hybridized carbons (Fsp3) is 0.147. The van der Waals surface area contributed by atoms with Crippen LogP contribution in [0.1, 0.15) is 20.8 Å². The molecule has 7 rings (SSSR count). The number of nitrogens with zero attached hydrogens (tertiary/aromatic N) is 4. The van der Waals surface area contributed by atoms with Gasteiger partial charge in [-0.1, -0.05) is 24.3 Å². The monoisotopic (exact) mass is 513 g/mol. The van der Waals surface area contributed by atoms with Crippen LogP contribution in [-0.4, -0.2) is 23.2 Å². The van der Waals surface area contributed by atoms with Crippen LogP contribution < -0.4 is 14.5 Å². The zero-order valence-corrected chi connectivity index (χ0v) is 22.1. The van der Waals surface area contributed by atoms with Crippen LogP contribution in [0.4, 0.5) is 17.1 Å². The first-order valence-corrected chi connectivity index (χ1v) is 13.1. The molecule has 1 aliphatic rings. The predicted octanol–water partition coefficient (Wildman–Crippen LogP) is 8.44. The number of hydrogen-bond acceptors (Lipinski definition) is 4. The number of aromatic nitrogens is 2. The van der Waals surface area contributed by atoms with Crippen molar-refractivity contribution in [1.29, 1.82) is 0 Å². The average Bonchev–Trinajstić information content (AvgIpc) is 3.49. The van der Waals surface area contributed by atoms with Gasteiger partial charge in [0.15, 0.2) is 0 Å². The van der Waals surface area contributed by atoms with Crippen molar-refractivity contribution in [2.75, 3.05) is 23.4 Å². The smallest absolute Gasteiger partial charge is 0.137 e. The molecule has 0 saturated carbocycles. The van der Waals surface area contributed by atoms with Gasteiger partial charge in [0, 0.05) is 45.9 Å². The van der Waals surface area contributed by atoms with Crippen LogP contribution in [0.3, 0.4) is 0 Å². The van der Waals surface area contributed by atoms with Crippen molar-refractivity contribution in [3.05, 3.63) is 114 Å². The highest BCUT2D eigenvalue weighted by molar-refractivity contribution is 6.09. The van der Waals surface area contributed by atoms with E-state index in [4.69, 9.17) is 8.85 Å². The van der Waals surface area contributed by atoms with E-state index in [0.29, 0.717) is 11.5 Å². The Morgan fingerprint density at radius 3 is 2.36 bits per heavy atom. The number of benzene rings is 4. The van der Waals surface area contributed by atoms with E-state index in [1.807, 2.05) is 62.4 Å². The van der Waals surface area contributed by atoms with Gasteiger partial charge in [0.25, 0.3) is 0 Å². The summed E-state index contributed by atoms with van der Waals surface area (Å²) in [5, 5.41) is 2.28. The number of ether oxygens (including phenoxy) is 1. The van der Waals surface area contributed by atoms with Gasteiger partial charge in [-0.05, 0) is 92.1 Å². The summed E-state index contributed by atoms with van der Waals surface area (Å²) in [5.41, 5.74) is 7.77. The van der Waals surface area contributed by atoms with Crippen LogP contribution in [0.15, 0.2) is 97.2 Å². The first-order valence-electron chi connectivity index (χ1n) is 14.6. The highest BCUT2D eigenvalue weighted by Crippen LogP contribution is 2.43. The van der Waals surface area contributed by atoms with E-state index in [9.17, 15) is 0 Å². The summed E-state index contributed by atoms with van der Waals surface area (Å²) in [5.74, 6) is 2.23. The summed E-state index contributed by atoms with van der Waals surface area (Å²) in [6.45, 7) is 4.07. The van der Waals surface area contributed by atoms with Gasteiger partial charge in [0.2, 0.25) is 0 Å². The van der Waals surface area contributed by atoms with Gasteiger partial charge in [0.1, 0.15) is 17.3 Å². The Hall–Kier alpha value is -4.77. The van der Waals surface area contributed by atoms with Gasteiger partial charge >= 0.3 is 0 Å². The molecule has 0 spiro atoms. The van der Waals surface area contributed by atoms with Gasteiger partial charge in [-0.15, -0.1) is 0 Å². The van der Waals surface area contributed by atoms with Crippen LogP contribution in [0.2, 0.25) is 0 Å². The van der Waals surface area contributed by atoms with Gasteiger partial charge in [-0.2, -0.15) is 0 Å². The third kappa shape index (κ3) is 3.89. The van der Waals surface area contributed by atoms with Gasteiger partial charge in [-0.3, -0.25) is 4.57 Å². The van der Waals surface area contributed by atoms with E-state index >= 15 is 0 Å². The second-order valence-electron chi connectivity index (χ2n) is 10.2. The minimum atomic E-state index is -2.25. The minimum Gasteiger partial charge on any atom is -0.457 e. The van der Waals surface area contributed by atoms with Crippen molar-refractivity contribution in [3.63, 3.8) is 0 Å². The van der Waals surface area contributed by atoms with Crippen molar-refractivity contribution >= 4 is 38.9 Å². The molecular formula is C34H30N4O. The summed E-state index contributed by atoms with van der Waals surface area (Å²) >= 11 is 0. The maximum atomic E-state index is 8.16. The normalized spacial score (nSPS) is 14.4. The third-order valence-corrected chi connectivity index (χ3v) is 7.56. The fourth-order valence-electron chi connectivity index (χ4n) is 5.56. The molecule has 0 bridgehead atoms. The lowest BCUT2D eigenvalue weighted by Crippen LogP contribution is -2.24. The quantitative estimate of drug-likeness (QED) is 0.237. The van der Waals surface area contributed by atoms with Gasteiger partial charge in [0.05, 0.1) is 29.1 Å². The van der Waals surface area contributed by atoms with Crippen LogP contribution >= 0.6 is 0 Å². The van der Waals surface area contributed by atoms with Gasteiger partial charge < -0.3 is 14.5 Å². The van der Waals surface area contributed by atoms with E-state index in [1.165, 1.54) is 4.90 Å². The second-order valence-corrected chi connectivity index (χ2v) is 10.2. The molecule has 5 nitrogen and oxygen atoms in total. The summed E-state index contributed by atoms with van der Waals surface area (Å²) in [6, 6.07) is 30.5. The summed E-state index contributed by atoms with van der Waals surface area (Å²) in [7, 11) is 0. The molecule has 0 fully saturated rings. The largest absolute Gasteiger partial charge is 0.457 e. The SMILES string of the molecule is [2H]C([2H])([2H])N1CN(c2cc(C)cc(Oc3ccc4c5ccccc5n(-c5ccccn5)c4c3)c2)c2cc(C)c(C)cc21. The predicted molar refractivity (Wildman–Crippen MR) is 161 cm³/mol. The van der Waals surface area contributed by atoms with Crippen molar-refractivity contribution < 1.29 is 8.85 Å². The molecule has 0 atom stereocenters. The molecule has 5 heteroatoms. The standard InChI is InChI=1S/C34H30N4O/c1-22-15-25(37-21-36(4)32-17-23(2)24(3)18-33(32)37)19-27(16-22)39-26-12-13-29-28-9-5-6-10-30(28)38(31(29)20-26)34-11-7-8-14-35-34/h5-20H,21H2,1-4H3/i4D3. The van der Waals surface area contributed by atoms with Crippen molar-refractivity contribution in [2.24, 2.45) is 0 Å². The molecule has 0 aliphatic carbocycles. The Kier molecular flexibility index (Phi) is 4.62. The molecule has 0 unspecified atom stereocenters. The van der Waals surface area contributed by atoms with E-state index < -0.39 is 6.98 Å². The van der Waals surface area contributed by atoms with E-state index in [-0.39, 0.29) is 6.67 Å². The highest BCUT2D eigenvalue weighted by Gasteiger charge is 2.26. The van der Waals surface area contributed by atoms with E-state index in [2.05, 4.69) is 63.8 Å². The lowest BCUT2D eigenvalue weighted by molar-refractivity contribution is 0.483. The second kappa shape index (κ2) is 8.91. The van der Waals surface area contributed by atoms with E-state index in [1.54, 1.807) is 6.20 Å². The number of para-hydroxylation sites is 1. The molecule has 0 radical (unpaired) electrons. The molecular weight excluding hydrogens is 480 g/mol. The Labute approximate surface area is 232 Å². The van der Waals surface area contributed by atoms with Crippen LogP contribution in [-0.2, 0) is 0 Å². The zero-order chi connectivity index (χ0) is 29.2. The van der Waals surface area contributed by atoms with Crippen LogP contribution in [0.5, 0.6) is 11.5 Å². The molecule has 3 heterocycles. The molecule has 0 N–H and O–H groups in total. The zero-order valence-electron chi connectivity index (χ0n) is 25.1.